The number of aryl methyl sites for hydroxylation is 2. The third kappa shape index (κ3) is 2.58. The molecule has 0 amide bonds. The summed E-state index contributed by atoms with van der Waals surface area (Å²) in [4.78, 5) is 11.6. The van der Waals surface area contributed by atoms with Crippen molar-refractivity contribution in [2.45, 2.75) is 26.7 Å². The van der Waals surface area contributed by atoms with E-state index in [9.17, 15) is 4.79 Å². The summed E-state index contributed by atoms with van der Waals surface area (Å²) in [7, 11) is 0. The number of carbonyl (C=O) groups excluding carboxylic acids is 1. The number of hydrogen-bond acceptors (Lipinski definition) is 1. The Bertz CT molecular complexity index is 331. The largest absolute Gasteiger partial charge is 0.294 e. The van der Waals surface area contributed by atoms with Crippen LogP contribution in [0.2, 0.25) is 0 Å². The highest BCUT2D eigenvalue weighted by atomic mass is 35.5. The molecular formula is C12H15ClO. The maximum Gasteiger partial charge on any atom is 0.164 e. The lowest BCUT2D eigenvalue weighted by molar-refractivity contribution is 0.0988. The van der Waals surface area contributed by atoms with Gasteiger partial charge in [-0.05, 0) is 30.5 Å². The maximum atomic E-state index is 11.6. The van der Waals surface area contributed by atoms with Gasteiger partial charge >= 0.3 is 0 Å². The molecule has 0 aliphatic heterocycles. The lowest BCUT2D eigenvalue weighted by Gasteiger charge is -2.05. The molecule has 0 saturated heterocycles. The van der Waals surface area contributed by atoms with Gasteiger partial charge in [0, 0.05) is 17.9 Å². The summed E-state index contributed by atoms with van der Waals surface area (Å²) in [5.74, 6) is 0.544. The monoisotopic (exact) mass is 210 g/mol. The van der Waals surface area contributed by atoms with Gasteiger partial charge in [-0.15, -0.1) is 11.6 Å². The highest BCUT2D eigenvalue weighted by Crippen LogP contribution is 2.14. The van der Waals surface area contributed by atoms with Gasteiger partial charge in [-0.25, -0.2) is 0 Å². The highest BCUT2D eigenvalue weighted by molar-refractivity contribution is 6.19. The first kappa shape index (κ1) is 11.3. The van der Waals surface area contributed by atoms with E-state index in [0.717, 1.165) is 17.5 Å². The normalized spacial score (nSPS) is 10.2. The van der Waals surface area contributed by atoms with E-state index in [4.69, 9.17) is 11.6 Å². The van der Waals surface area contributed by atoms with E-state index in [1.807, 2.05) is 19.1 Å². The summed E-state index contributed by atoms with van der Waals surface area (Å²) in [6.45, 7) is 4.04. The molecule has 0 aliphatic rings. The zero-order valence-electron chi connectivity index (χ0n) is 8.64. The van der Waals surface area contributed by atoms with Crippen molar-refractivity contribution in [2.75, 3.05) is 5.88 Å². The Hall–Kier alpha value is -0.820. The van der Waals surface area contributed by atoms with Crippen LogP contribution in [0.25, 0.3) is 0 Å². The fourth-order valence-corrected chi connectivity index (χ4v) is 1.58. The van der Waals surface area contributed by atoms with Crippen LogP contribution in [0.1, 0.15) is 34.8 Å². The number of ketones is 1. The van der Waals surface area contributed by atoms with Crippen molar-refractivity contribution >= 4 is 17.4 Å². The molecule has 0 aliphatic carbocycles. The SMILES string of the molecule is CCc1ccc(C)c(C(=O)CCCl)c1. The highest BCUT2D eigenvalue weighted by Gasteiger charge is 2.08. The Morgan fingerprint density at radius 2 is 2.14 bits per heavy atom. The lowest BCUT2D eigenvalue weighted by atomic mass is 9.99. The lowest BCUT2D eigenvalue weighted by Crippen LogP contribution is -2.03. The second-order valence-corrected chi connectivity index (χ2v) is 3.74. The molecule has 0 aromatic heterocycles. The Morgan fingerprint density at radius 1 is 1.43 bits per heavy atom. The Kier molecular flexibility index (Phi) is 4.15. The zero-order valence-corrected chi connectivity index (χ0v) is 9.40. The summed E-state index contributed by atoms with van der Waals surface area (Å²) < 4.78 is 0. The standard InChI is InChI=1S/C12H15ClO/c1-3-10-5-4-9(2)11(8-10)12(14)6-7-13/h4-5,8H,3,6-7H2,1-2H3. The molecule has 0 bridgehead atoms. The molecule has 0 heterocycles. The predicted molar refractivity (Wildman–Crippen MR) is 60.2 cm³/mol. The van der Waals surface area contributed by atoms with E-state index >= 15 is 0 Å². The predicted octanol–water partition coefficient (Wildman–Crippen LogP) is 3.37. The number of hydrogen-bond donors (Lipinski definition) is 0. The zero-order chi connectivity index (χ0) is 10.6. The minimum absolute atomic E-state index is 0.146. The minimum Gasteiger partial charge on any atom is -0.294 e. The molecule has 14 heavy (non-hydrogen) atoms. The number of Topliss-reactive ketones (excluding diaryl/α,β-unsaturated/α-hetero) is 1. The molecule has 0 N–H and O–H groups in total. The molecule has 0 fully saturated rings. The van der Waals surface area contributed by atoms with Crippen LogP contribution in [-0.2, 0) is 6.42 Å². The minimum atomic E-state index is 0.146. The van der Waals surface area contributed by atoms with Crippen LogP contribution in [0.4, 0.5) is 0 Å². The molecule has 1 aromatic carbocycles. The summed E-state index contributed by atoms with van der Waals surface area (Å²) in [6.07, 6.45) is 1.39. The van der Waals surface area contributed by atoms with Crippen molar-refractivity contribution in [2.24, 2.45) is 0 Å². The van der Waals surface area contributed by atoms with Crippen LogP contribution in [0.3, 0.4) is 0 Å². The number of benzene rings is 1. The first-order valence-corrected chi connectivity index (χ1v) is 5.41. The third-order valence-corrected chi connectivity index (χ3v) is 2.52. The third-order valence-electron chi connectivity index (χ3n) is 2.33. The van der Waals surface area contributed by atoms with Crippen molar-refractivity contribution in [1.82, 2.24) is 0 Å². The molecule has 0 radical (unpaired) electrons. The number of alkyl halides is 1. The van der Waals surface area contributed by atoms with E-state index in [2.05, 4.69) is 13.0 Å². The van der Waals surface area contributed by atoms with E-state index in [1.165, 1.54) is 5.56 Å². The first-order chi connectivity index (χ1) is 6.69. The van der Waals surface area contributed by atoms with Gasteiger partial charge in [-0.3, -0.25) is 4.79 Å². The van der Waals surface area contributed by atoms with Crippen LogP contribution in [0.5, 0.6) is 0 Å². The molecule has 76 valence electrons. The number of carbonyl (C=O) groups is 1. The summed E-state index contributed by atoms with van der Waals surface area (Å²) in [5, 5.41) is 0. The number of rotatable bonds is 4. The first-order valence-electron chi connectivity index (χ1n) is 4.87. The van der Waals surface area contributed by atoms with Gasteiger partial charge in [0.05, 0.1) is 0 Å². The topological polar surface area (TPSA) is 17.1 Å². The fourth-order valence-electron chi connectivity index (χ4n) is 1.41. The van der Waals surface area contributed by atoms with Gasteiger partial charge in [-0.1, -0.05) is 19.1 Å². The maximum absolute atomic E-state index is 11.6. The molecule has 0 spiro atoms. The Labute approximate surface area is 90.1 Å². The van der Waals surface area contributed by atoms with Crippen molar-refractivity contribution in [3.63, 3.8) is 0 Å². The molecule has 1 rings (SSSR count). The average molecular weight is 211 g/mol. The van der Waals surface area contributed by atoms with Crippen LogP contribution in [0, 0.1) is 6.92 Å². The van der Waals surface area contributed by atoms with Crippen LogP contribution in [-0.4, -0.2) is 11.7 Å². The average Bonchev–Trinajstić information content (AvgIpc) is 2.19. The molecule has 2 heteroatoms. The van der Waals surface area contributed by atoms with E-state index in [1.54, 1.807) is 0 Å². The van der Waals surface area contributed by atoms with Gasteiger partial charge in [0.1, 0.15) is 0 Å². The van der Waals surface area contributed by atoms with E-state index < -0.39 is 0 Å². The van der Waals surface area contributed by atoms with Gasteiger partial charge < -0.3 is 0 Å². The molecule has 0 unspecified atom stereocenters. The molecule has 0 atom stereocenters. The van der Waals surface area contributed by atoms with E-state index in [0.29, 0.717) is 12.3 Å². The van der Waals surface area contributed by atoms with Crippen LogP contribution in [0.15, 0.2) is 18.2 Å². The van der Waals surface area contributed by atoms with Crippen molar-refractivity contribution in [3.05, 3.63) is 34.9 Å². The molecule has 1 nitrogen and oxygen atoms in total. The smallest absolute Gasteiger partial charge is 0.164 e. The summed E-state index contributed by atoms with van der Waals surface area (Å²) >= 11 is 5.55. The van der Waals surface area contributed by atoms with Gasteiger partial charge in [-0.2, -0.15) is 0 Å². The molecular weight excluding hydrogens is 196 g/mol. The number of halogens is 1. The van der Waals surface area contributed by atoms with Gasteiger partial charge in [0.2, 0.25) is 0 Å². The molecule has 1 aromatic rings. The van der Waals surface area contributed by atoms with Crippen LogP contribution >= 0.6 is 11.6 Å². The van der Waals surface area contributed by atoms with Gasteiger partial charge in [0.25, 0.3) is 0 Å². The Morgan fingerprint density at radius 3 is 2.71 bits per heavy atom. The van der Waals surface area contributed by atoms with Crippen LogP contribution < -0.4 is 0 Å². The van der Waals surface area contributed by atoms with Gasteiger partial charge in [0.15, 0.2) is 5.78 Å². The summed E-state index contributed by atoms with van der Waals surface area (Å²) in [5.41, 5.74) is 3.07. The fraction of sp³-hybridized carbons (Fsp3) is 0.417. The second kappa shape index (κ2) is 5.16. The quantitative estimate of drug-likeness (QED) is 0.550. The van der Waals surface area contributed by atoms with Crippen molar-refractivity contribution in [1.29, 1.82) is 0 Å². The van der Waals surface area contributed by atoms with Crippen molar-refractivity contribution in [3.8, 4) is 0 Å². The van der Waals surface area contributed by atoms with Crippen molar-refractivity contribution < 1.29 is 4.79 Å². The molecule has 0 saturated carbocycles. The Balaban J connectivity index is 2.99. The summed E-state index contributed by atoms with van der Waals surface area (Å²) in [6, 6.07) is 6.04. The van der Waals surface area contributed by atoms with E-state index in [-0.39, 0.29) is 5.78 Å². The second-order valence-electron chi connectivity index (χ2n) is 3.36.